The Morgan fingerprint density at radius 3 is 3.19 bits per heavy atom. The zero-order valence-electron chi connectivity index (χ0n) is 8.29. The summed E-state index contributed by atoms with van der Waals surface area (Å²) in [6, 6.07) is 3.69. The Bertz CT molecular complexity index is 667. The molecule has 5 heteroatoms. The van der Waals surface area contributed by atoms with E-state index in [1.165, 1.54) is 11.3 Å². The summed E-state index contributed by atoms with van der Waals surface area (Å²) in [6.45, 7) is 0.496. The first-order valence-corrected chi connectivity index (χ1v) is 5.66. The minimum absolute atomic E-state index is 0.00111. The molecule has 0 saturated heterocycles. The van der Waals surface area contributed by atoms with Crippen LogP contribution in [-0.4, -0.2) is 9.55 Å². The first kappa shape index (κ1) is 9.35. The number of hydrogen-bond acceptors (Lipinski definition) is 4. The minimum atomic E-state index is 0.00111. The van der Waals surface area contributed by atoms with Crippen molar-refractivity contribution >= 4 is 21.6 Å². The lowest BCUT2D eigenvalue weighted by molar-refractivity contribution is 0.561. The van der Waals surface area contributed by atoms with Gasteiger partial charge in [-0.25, -0.2) is 4.98 Å². The summed E-state index contributed by atoms with van der Waals surface area (Å²) in [4.78, 5) is 16.2. The van der Waals surface area contributed by atoms with Crippen molar-refractivity contribution in [3.8, 4) is 0 Å². The molecule has 3 aromatic rings. The van der Waals surface area contributed by atoms with Crippen LogP contribution < -0.4 is 5.56 Å². The number of fused-ring (bicyclic) bond motifs is 1. The van der Waals surface area contributed by atoms with Crippen LogP contribution in [0.25, 0.3) is 10.2 Å². The third kappa shape index (κ3) is 1.45. The molecule has 16 heavy (non-hydrogen) atoms. The van der Waals surface area contributed by atoms with Gasteiger partial charge >= 0.3 is 0 Å². The van der Waals surface area contributed by atoms with E-state index in [1.807, 2.05) is 17.5 Å². The molecule has 0 aromatic carbocycles. The van der Waals surface area contributed by atoms with Crippen LogP contribution >= 0.6 is 11.3 Å². The molecule has 3 heterocycles. The third-order valence-electron chi connectivity index (χ3n) is 2.37. The van der Waals surface area contributed by atoms with Gasteiger partial charge in [-0.1, -0.05) is 0 Å². The number of rotatable bonds is 2. The average molecular weight is 232 g/mol. The second kappa shape index (κ2) is 3.61. The van der Waals surface area contributed by atoms with Crippen molar-refractivity contribution in [1.29, 1.82) is 0 Å². The molecule has 3 aromatic heterocycles. The van der Waals surface area contributed by atoms with Crippen LogP contribution in [0.1, 0.15) is 5.56 Å². The molecule has 0 unspecified atom stereocenters. The molecule has 0 atom stereocenters. The first-order chi connectivity index (χ1) is 7.84. The summed E-state index contributed by atoms with van der Waals surface area (Å²) in [7, 11) is 0. The van der Waals surface area contributed by atoms with Crippen molar-refractivity contribution in [2.75, 3.05) is 0 Å². The molecular formula is C11H8N2O2S. The molecule has 0 amide bonds. The Morgan fingerprint density at radius 1 is 1.44 bits per heavy atom. The standard InChI is InChI=1S/C11H8N2O2S/c14-11-10-9(2-4-16-10)12-7-13(11)5-8-1-3-15-6-8/h1-4,6-7H,5H2. The highest BCUT2D eigenvalue weighted by Gasteiger charge is 2.05. The zero-order valence-corrected chi connectivity index (χ0v) is 9.11. The van der Waals surface area contributed by atoms with E-state index in [1.54, 1.807) is 23.4 Å². The van der Waals surface area contributed by atoms with Crippen LogP contribution in [0.5, 0.6) is 0 Å². The Balaban J connectivity index is 2.10. The van der Waals surface area contributed by atoms with Gasteiger partial charge in [-0.3, -0.25) is 9.36 Å². The van der Waals surface area contributed by atoms with E-state index >= 15 is 0 Å². The molecule has 0 saturated carbocycles. The largest absolute Gasteiger partial charge is 0.472 e. The highest BCUT2D eigenvalue weighted by Crippen LogP contribution is 2.13. The number of hydrogen-bond donors (Lipinski definition) is 0. The maximum Gasteiger partial charge on any atom is 0.271 e. The predicted octanol–water partition coefficient (Wildman–Crippen LogP) is 2.10. The van der Waals surface area contributed by atoms with E-state index in [2.05, 4.69) is 4.98 Å². The van der Waals surface area contributed by atoms with E-state index in [4.69, 9.17) is 4.42 Å². The Morgan fingerprint density at radius 2 is 2.38 bits per heavy atom. The monoisotopic (exact) mass is 232 g/mol. The molecule has 0 aliphatic rings. The normalized spacial score (nSPS) is 11.0. The van der Waals surface area contributed by atoms with Crippen molar-refractivity contribution in [3.63, 3.8) is 0 Å². The highest BCUT2D eigenvalue weighted by atomic mass is 32.1. The van der Waals surface area contributed by atoms with Crippen LogP contribution in [-0.2, 0) is 6.54 Å². The smallest absolute Gasteiger partial charge is 0.271 e. The third-order valence-corrected chi connectivity index (χ3v) is 3.26. The van der Waals surface area contributed by atoms with Gasteiger partial charge in [-0.05, 0) is 17.5 Å². The van der Waals surface area contributed by atoms with Crippen molar-refractivity contribution in [3.05, 3.63) is 52.3 Å². The molecule has 4 nitrogen and oxygen atoms in total. The molecule has 0 aliphatic carbocycles. The molecule has 0 bridgehead atoms. The number of aromatic nitrogens is 2. The summed E-state index contributed by atoms with van der Waals surface area (Å²) < 4.78 is 7.25. The molecule has 3 rings (SSSR count). The van der Waals surface area contributed by atoms with E-state index < -0.39 is 0 Å². The molecule has 0 fully saturated rings. The number of thiophene rings is 1. The van der Waals surface area contributed by atoms with Gasteiger partial charge in [-0.2, -0.15) is 0 Å². The number of furan rings is 1. The molecule has 0 aliphatic heterocycles. The van der Waals surface area contributed by atoms with Crippen LogP contribution in [0.15, 0.2) is 45.6 Å². The second-order valence-corrected chi connectivity index (χ2v) is 4.36. The highest BCUT2D eigenvalue weighted by molar-refractivity contribution is 7.17. The topological polar surface area (TPSA) is 48.0 Å². The summed E-state index contributed by atoms with van der Waals surface area (Å²) >= 11 is 1.42. The fourth-order valence-corrected chi connectivity index (χ4v) is 2.36. The number of nitrogens with zero attached hydrogens (tertiary/aromatic N) is 2. The fraction of sp³-hybridized carbons (Fsp3) is 0.0909. The van der Waals surface area contributed by atoms with Gasteiger partial charge in [0, 0.05) is 5.56 Å². The summed E-state index contributed by atoms with van der Waals surface area (Å²) in [5.41, 5.74) is 1.72. The molecule has 0 radical (unpaired) electrons. The summed E-state index contributed by atoms with van der Waals surface area (Å²) in [5.74, 6) is 0. The van der Waals surface area contributed by atoms with Gasteiger partial charge in [0.2, 0.25) is 0 Å². The van der Waals surface area contributed by atoms with E-state index in [0.29, 0.717) is 11.2 Å². The molecule has 0 N–H and O–H groups in total. The van der Waals surface area contributed by atoms with Crippen LogP contribution in [0, 0.1) is 0 Å². The van der Waals surface area contributed by atoms with Gasteiger partial charge in [0.1, 0.15) is 4.70 Å². The van der Waals surface area contributed by atoms with Gasteiger partial charge < -0.3 is 4.42 Å². The second-order valence-electron chi connectivity index (χ2n) is 3.44. The average Bonchev–Trinajstić information content (AvgIpc) is 2.93. The maximum absolute atomic E-state index is 12.0. The lowest BCUT2D eigenvalue weighted by atomic mass is 10.3. The minimum Gasteiger partial charge on any atom is -0.472 e. The maximum atomic E-state index is 12.0. The van der Waals surface area contributed by atoms with E-state index in [0.717, 1.165) is 11.1 Å². The summed E-state index contributed by atoms with van der Waals surface area (Å²) in [5, 5.41) is 1.88. The Kier molecular flexibility index (Phi) is 2.11. The lowest BCUT2D eigenvalue weighted by Gasteiger charge is -2.01. The molecule has 80 valence electrons. The Hall–Kier alpha value is -1.88. The van der Waals surface area contributed by atoms with Gasteiger partial charge in [0.15, 0.2) is 0 Å². The lowest BCUT2D eigenvalue weighted by Crippen LogP contribution is -2.19. The fourth-order valence-electron chi connectivity index (χ4n) is 1.57. The molecular weight excluding hydrogens is 224 g/mol. The quantitative estimate of drug-likeness (QED) is 0.679. The van der Waals surface area contributed by atoms with Crippen molar-refractivity contribution in [1.82, 2.24) is 9.55 Å². The Labute approximate surface area is 94.8 Å². The van der Waals surface area contributed by atoms with E-state index in [9.17, 15) is 4.79 Å². The van der Waals surface area contributed by atoms with Crippen LogP contribution in [0.2, 0.25) is 0 Å². The van der Waals surface area contributed by atoms with E-state index in [-0.39, 0.29) is 5.56 Å². The van der Waals surface area contributed by atoms with Crippen LogP contribution in [0.4, 0.5) is 0 Å². The summed E-state index contributed by atoms with van der Waals surface area (Å²) in [6.07, 6.45) is 4.80. The predicted molar refractivity (Wildman–Crippen MR) is 61.7 cm³/mol. The first-order valence-electron chi connectivity index (χ1n) is 4.78. The van der Waals surface area contributed by atoms with Crippen molar-refractivity contribution in [2.45, 2.75) is 6.54 Å². The van der Waals surface area contributed by atoms with Crippen molar-refractivity contribution < 1.29 is 4.42 Å². The molecule has 0 spiro atoms. The van der Waals surface area contributed by atoms with Gasteiger partial charge in [-0.15, -0.1) is 11.3 Å². The van der Waals surface area contributed by atoms with Gasteiger partial charge in [0.25, 0.3) is 5.56 Å². The zero-order chi connectivity index (χ0) is 11.0. The van der Waals surface area contributed by atoms with Gasteiger partial charge in [0.05, 0.1) is 30.9 Å². The van der Waals surface area contributed by atoms with Crippen LogP contribution in [0.3, 0.4) is 0 Å². The van der Waals surface area contributed by atoms with Crippen molar-refractivity contribution in [2.24, 2.45) is 0 Å². The SMILES string of the molecule is O=c1c2sccc2ncn1Cc1ccoc1.